The Morgan fingerprint density at radius 1 is 1.33 bits per heavy atom. The highest BCUT2D eigenvalue weighted by atomic mass is 19.1. The summed E-state index contributed by atoms with van der Waals surface area (Å²) < 4.78 is 27.9. The fourth-order valence-electron chi connectivity index (χ4n) is 1.92. The SMILES string of the molecule is CN(CC(=O)Nc1cc(F)cc(F)c1)Cc1nccn1C. The summed E-state index contributed by atoms with van der Waals surface area (Å²) >= 11 is 0. The van der Waals surface area contributed by atoms with Crippen LogP contribution in [0.4, 0.5) is 14.5 Å². The van der Waals surface area contributed by atoms with Crippen molar-refractivity contribution < 1.29 is 13.6 Å². The molecule has 1 N–H and O–H groups in total. The van der Waals surface area contributed by atoms with E-state index >= 15 is 0 Å². The van der Waals surface area contributed by atoms with Gasteiger partial charge in [0.25, 0.3) is 0 Å². The summed E-state index contributed by atoms with van der Waals surface area (Å²) in [5, 5.41) is 2.46. The van der Waals surface area contributed by atoms with Gasteiger partial charge in [-0.3, -0.25) is 9.69 Å². The number of rotatable bonds is 5. The number of nitrogens with one attached hydrogen (secondary N) is 1. The van der Waals surface area contributed by atoms with Crippen LogP contribution in [0.2, 0.25) is 0 Å². The van der Waals surface area contributed by atoms with Crippen molar-refractivity contribution in [2.24, 2.45) is 7.05 Å². The molecular weight excluding hydrogens is 278 g/mol. The molecule has 0 fully saturated rings. The van der Waals surface area contributed by atoms with Gasteiger partial charge in [0, 0.05) is 31.2 Å². The summed E-state index contributed by atoms with van der Waals surface area (Å²) in [7, 11) is 3.63. The second-order valence-electron chi connectivity index (χ2n) is 4.83. The lowest BCUT2D eigenvalue weighted by molar-refractivity contribution is -0.117. The molecule has 0 aliphatic rings. The summed E-state index contributed by atoms with van der Waals surface area (Å²) in [5.74, 6) is -0.989. The number of benzene rings is 1. The zero-order valence-electron chi connectivity index (χ0n) is 11.8. The molecule has 0 saturated carbocycles. The molecule has 2 rings (SSSR count). The first-order valence-corrected chi connectivity index (χ1v) is 6.35. The van der Waals surface area contributed by atoms with E-state index in [-0.39, 0.29) is 18.1 Å². The van der Waals surface area contributed by atoms with Crippen LogP contribution in [-0.4, -0.2) is 34.0 Å². The first-order valence-electron chi connectivity index (χ1n) is 6.35. The maximum atomic E-state index is 13.0. The smallest absolute Gasteiger partial charge is 0.238 e. The highest BCUT2D eigenvalue weighted by Gasteiger charge is 2.10. The van der Waals surface area contributed by atoms with E-state index < -0.39 is 11.6 Å². The van der Waals surface area contributed by atoms with Gasteiger partial charge < -0.3 is 9.88 Å². The summed E-state index contributed by atoms with van der Waals surface area (Å²) in [5.41, 5.74) is 0.0999. The maximum Gasteiger partial charge on any atom is 0.238 e. The van der Waals surface area contributed by atoms with E-state index in [0.717, 1.165) is 24.0 Å². The molecule has 7 heteroatoms. The largest absolute Gasteiger partial charge is 0.337 e. The molecule has 0 bridgehead atoms. The lowest BCUT2D eigenvalue weighted by Gasteiger charge is -2.16. The van der Waals surface area contributed by atoms with Crippen molar-refractivity contribution in [3.8, 4) is 0 Å². The minimum atomic E-state index is -0.730. The number of hydrogen-bond acceptors (Lipinski definition) is 3. The molecule has 0 saturated heterocycles. The van der Waals surface area contributed by atoms with Crippen LogP contribution in [0.15, 0.2) is 30.6 Å². The molecule has 1 aromatic heterocycles. The number of carbonyl (C=O) groups is 1. The van der Waals surface area contributed by atoms with Gasteiger partial charge in [-0.25, -0.2) is 13.8 Å². The number of aromatic nitrogens is 2. The van der Waals surface area contributed by atoms with Gasteiger partial charge >= 0.3 is 0 Å². The van der Waals surface area contributed by atoms with Crippen molar-refractivity contribution in [1.29, 1.82) is 0 Å². The predicted octanol–water partition coefficient (Wildman–Crippen LogP) is 1.77. The molecule has 0 aliphatic carbocycles. The number of imidazole rings is 1. The van der Waals surface area contributed by atoms with Gasteiger partial charge in [-0.15, -0.1) is 0 Å². The Morgan fingerprint density at radius 2 is 2.00 bits per heavy atom. The Kier molecular flexibility index (Phi) is 4.64. The van der Waals surface area contributed by atoms with Crippen molar-refractivity contribution in [3.05, 3.63) is 48.1 Å². The maximum absolute atomic E-state index is 13.0. The minimum Gasteiger partial charge on any atom is -0.337 e. The molecular formula is C14H16F2N4O. The number of anilines is 1. The number of hydrogen-bond donors (Lipinski definition) is 1. The fraction of sp³-hybridized carbons (Fsp3) is 0.286. The lowest BCUT2D eigenvalue weighted by Crippen LogP contribution is -2.30. The van der Waals surface area contributed by atoms with Crippen LogP contribution in [0, 0.1) is 11.6 Å². The molecule has 0 aliphatic heterocycles. The third kappa shape index (κ3) is 4.35. The molecule has 5 nitrogen and oxygen atoms in total. The minimum absolute atomic E-state index is 0.0883. The van der Waals surface area contributed by atoms with Crippen LogP contribution in [0.5, 0.6) is 0 Å². The molecule has 0 atom stereocenters. The quantitative estimate of drug-likeness (QED) is 0.914. The second-order valence-corrected chi connectivity index (χ2v) is 4.83. The molecule has 0 radical (unpaired) electrons. The topological polar surface area (TPSA) is 50.2 Å². The van der Waals surface area contributed by atoms with Crippen molar-refractivity contribution in [3.63, 3.8) is 0 Å². The van der Waals surface area contributed by atoms with E-state index in [1.807, 2.05) is 17.8 Å². The second kappa shape index (κ2) is 6.45. The van der Waals surface area contributed by atoms with Crippen LogP contribution in [-0.2, 0) is 18.4 Å². The Morgan fingerprint density at radius 3 is 2.57 bits per heavy atom. The van der Waals surface area contributed by atoms with Gasteiger partial charge in [0.15, 0.2) is 0 Å². The zero-order chi connectivity index (χ0) is 15.4. The molecule has 2 aromatic rings. The average molecular weight is 294 g/mol. The number of aryl methyl sites for hydroxylation is 1. The van der Waals surface area contributed by atoms with Gasteiger partial charge in [0.05, 0.1) is 13.1 Å². The average Bonchev–Trinajstić information content (AvgIpc) is 2.73. The number of halogens is 2. The van der Waals surface area contributed by atoms with Gasteiger partial charge in [-0.2, -0.15) is 0 Å². The van der Waals surface area contributed by atoms with Crippen LogP contribution < -0.4 is 5.32 Å². The van der Waals surface area contributed by atoms with Crippen molar-refractivity contribution in [1.82, 2.24) is 14.5 Å². The summed E-state index contributed by atoms with van der Waals surface area (Å²) in [6.07, 6.45) is 3.50. The van der Waals surface area contributed by atoms with Crippen molar-refractivity contribution in [2.45, 2.75) is 6.54 Å². The number of nitrogens with zero attached hydrogens (tertiary/aromatic N) is 3. The van der Waals surface area contributed by atoms with Crippen LogP contribution in [0.3, 0.4) is 0 Å². The van der Waals surface area contributed by atoms with E-state index in [4.69, 9.17) is 0 Å². The Balaban J connectivity index is 1.90. The van der Waals surface area contributed by atoms with E-state index in [1.54, 1.807) is 18.1 Å². The first kappa shape index (κ1) is 15.1. The lowest BCUT2D eigenvalue weighted by atomic mass is 10.3. The molecule has 0 unspecified atom stereocenters. The number of likely N-dealkylation sites (N-methyl/N-ethyl adjacent to an activating group) is 1. The highest BCUT2D eigenvalue weighted by Crippen LogP contribution is 2.12. The molecule has 1 aromatic carbocycles. The summed E-state index contributed by atoms with van der Waals surface area (Å²) in [6.45, 7) is 0.583. The predicted molar refractivity (Wildman–Crippen MR) is 74.5 cm³/mol. The monoisotopic (exact) mass is 294 g/mol. The number of carbonyl (C=O) groups excluding carboxylic acids is 1. The first-order chi connectivity index (χ1) is 9.94. The van der Waals surface area contributed by atoms with Crippen molar-refractivity contribution >= 4 is 11.6 Å². The normalized spacial score (nSPS) is 10.9. The van der Waals surface area contributed by atoms with E-state index in [0.29, 0.717) is 6.54 Å². The summed E-state index contributed by atoms with van der Waals surface area (Å²) in [6, 6.07) is 2.89. The van der Waals surface area contributed by atoms with Gasteiger partial charge in [-0.1, -0.05) is 0 Å². The van der Waals surface area contributed by atoms with Crippen molar-refractivity contribution in [2.75, 3.05) is 18.9 Å². The molecule has 0 spiro atoms. The Hall–Kier alpha value is -2.28. The van der Waals surface area contributed by atoms with E-state index in [9.17, 15) is 13.6 Å². The third-order valence-electron chi connectivity index (χ3n) is 2.89. The van der Waals surface area contributed by atoms with Crippen LogP contribution >= 0.6 is 0 Å². The van der Waals surface area contributed by atoms with E-state index in [2.05, 4.69) is 10.3 Å². The molecule has 21 heavy (non-hydrogen) atoms. The Labute approximate surface area is 121 Å². The number of amides is 1. The van der Waals surface area contributed by atoms with Gasteiger partial charge in [0.2, 0.25) is 5.91 Å². The van der Waals surface area contributed by atoms with Crippen LogP contribution in [0.1, 0.15) is 5.82 Å². The summed E-state index contributed by atoms with van der Waals surface area (Å²) in [4.78, 5) is 17.8. The molecule has 1 heterocycles. The highest BCUT2D eigenvalue weighted by molar-refractivity contribution is 5.92. The van der Waals surface area contributed by atoms with E-state index in [1.165, 1.54) is 0 Å². The van der Waals surface area contributed by atoms with Crippen LogP contribution in [0.25, 0.3) is 0 Å². The third-order valence-corrected chi connectivity index (χ3v) is 2.89. The Bertz CT molecular complexity index is 621. The standard InChI is InChI=1S/C14H16F2N4O/c1-19(8-13-17-3-4-20(13)2)9-14(21)18-12-6-10(15)5-11(16)7-12/h3-7H,8-9H2,1-2H3,(H,18,21). The fourth-order valence-corrected chi connectivity index (χ4v) is 1.92. The van der Waals surface area contributed by atoms with Gasteiger partial charge in [0.1, 0.15) is 17.5 Å². The molecule has 1 amide bonds. The molecule has 112 valence electrons. The zero-order valence-corrected chi connectivity index (χ0v) is 11.8. The van der Waals surface area contributed by atoms with Gasteiger partial charge in [-0.05, 0) is 19.2 Å².